The molecule has 1 saturated carbocycles. The van der Waals surface area contributed by atoms with Gasteiger partial charge in [-0.05, 0) is 67.7 Å². The van der Waals surface area contributed by atoms with Gasteiger partial charge in [0.25, 0.3) is 0 Å². The van der Waals surface area contributed by atoms with E-state index in [2.05, 4.69) is 6.92 Å². The number of benzene rings is 2. The summed E-state index contributed by atoms with van der Waals surface area (Å²) in [6, 6.07) is 5.45. The van der Waals surface area contributed by atoms with Gasteiger partial charge in [-0.15, -0.1) is 0 Å². The largest absolute Gasteiger partial charge is 0.206 e. The molecule has 2 aromatic rings. The average Bonchev–Trinajstić information content (AvgIpc) is 2.85. The first-order valence-electron chi connectivity index (χ1n) is 13.9. The first-order chi connectivity index (χ1) is 16.9. The van der Waals surface area contributed by atoms with Gasteiger partial charge in [0, 0.05) is 5.56 Å². The van der Waals surface area contributed by atoms with Gasteiger partial charge in [0.1, 0.15) is 11.6 Å². The summed E-state index contributed by atoms with van der Waals surface area (Å²) in [5.74, 6) is -3.08. The van der Waals surface area contributed by atoms with E-state index in [1.165, 1.54) is 89.7 Å². The fraction of sp³-hybridized carbons (Fsp3) is 0.613. The lowest BCUT2D eigenvalue weighted by Crippen LogP contribution is -2.13. The van der Waals surface area contributed by atoms with E-state index in [0.29, 0.717) is 0 Å². The van der Waals surface area contributed by atoms with Crippen molar-refractivity contribution in [3.05, 3.63) is 58.7 Å². The highest BCUT2D eigenvalue weighted by Crippen LogP contribution is 2.39. The Balaban J connectivity index is 1.42. The molecule has 0 bridgehead atoms. The van der Waals surface area contributed by atoms with Crippen molar-refractivity contribution in [2.45, 2.75) is 116 Å². The van der Waals surface area contributed by atoms with Gasteiger partial charge in [0.05, 0.1) is 5.56 Å². The summed E-state index contributed by atoms with van der Waals surface area (Å²) in [6.07, 6.45) is 19.2. The summed E-state index contributed by atoms with van der Waals surface area (Å²) in [4.78, 5) is 0. The standard InChI is InChI=1S/C31H42F4/c1-3-4-5-6-7-8-9-10-11-12-13-23-14-16-24(17-15-23)25-18-19-26(27(32)21-25)29-28(33)20-22(2)30(34)31(29)35/h18-21,23-24H,3-17H2,1-2H3/t23-,24-. The van der Waals surface area contributed by atoms with E-state index in [1.54, 1.807) is 6.07 Å². The number of hydrogen-bond acceptors (Lipinski definition) is 0. The minimum Gasteiger partial charge on any atom is -0.206 e. The maximum Gasteiger partial charge on any atom is 0.169 e. The van der Waals surface area contributed by atoms with Crippen LogP contribution in [0.2, 0.25) is 0 Å². The molecule has 35 heavy (non-hydrogen) atoms. The van der Waals surface area contributed by atoms with Gasteiger partial charge in [0.15, 0.2) is 11.6 Å². The van der Waals surface area contributed by atoms with E-state index in [-0.39, 0.29) is 17.0 Å². The van der Waals surface area contributed by atoms with Gasteiger partial charge >= 0.3 is 0 Å². The summed E-state index contributed by atoms with van der Waals surface area (Å²) >= 11 is 0. The zero-order chi connectivity index (χ0) is 25.2. The molecule has 0 unspecified atom stereocenters. The van der Waals surface area contributed by atoms with Crippen LogP contribution in [0.3, 0.4) is 0 Å². The molecule has 0 aliphatic heterocycles. The van der Waals surface area contributed by atoms with Crippen molar-refractivity contribution < 1.29 is 17.6 Å². The van der Waals surface area contributed by atoms with E-state index >= 15 is 0 Å². The topological polar surface area (TPSA) is 0 Å². The molecule has 3 rings (SSSR count). The lowest BCUT2D eigenvalue weighted by atomic mass is 9.77. The monoisotopic (exact) mass is 490 g/mol. The van der Waals surface area contributed by atoms with Crippen LogP contribution in [0.5, 0.6) is 0 Å². The first kappa shape index (κ1) is 27.7. The third kappa shape index (κ3) is 7.82. The molecule has 0 aromatic heterocycles. The summed E-state index contributed by atoms with van der Waals surface area (Å²) in [6.45, 7) is 3.55. The van der Waals surface area contributed by atoms with Crippen LogP contribution < -0.4 is 0 Å². The molecule has 4 heteroatoms. The SMILES string of the molecule is CCCCCCCCCCCC[C@H]1CC[C@H](c2ccc(-c3c(F)cc(C)c(F)c3F)c(F)c2)CC1. The molecular formula is C31H42F4. The second-order valence-electron chi connectivity index (χ2n) is 10.6. The van der Waals surface area contributed by atoms with E-state index < -0.39 is 28.8 Å². The molecule has 0 saturated heterocycles. The van der Waals surface area contributed by atoms with E-state index in [4.69, 9.17) is 0 Å². The lowest BCUT2D eigenvalue weighted by molar-refractivity contribution is 0.301. The Labute approximate surface area is 209 Å². The van der Waals surface area contributed by atoms with Crippen LogP contribution in [0.4, 0.5) is 17.6 Å². The molecule has 0 radical (unpaired) electrons. The van der Waals surface area contributed by atoms with Crippen LogP contribution in [0.25, 0.3) is 11.1 Å². The smallest absolute Gasteiger partial charge is 0.169 e. The predicted molar refractivity (Wildman–Crippen MR) is 138 cm³/mol. The molecule has 2 aromatic carbocycles. The van der Waals surface area contributed by atoms with Gasteiger partial charge in [-0.3, -0.25) is 0 Å². The van der Waals surface area contributed by atoms with E-state index in [0.717, 1.165) is 43.2 Å². The van der Waals surface area contributed by atoms with Gasteiger partial charge in [-0.1, -0.05) is 89.7 Å². The maximum absolute atomic E-state index is 14.9. The van der Waals surface area contributed by atoms with Gasteiger partial charge < -0.3 is 0 Å². The third-order valence-corrected chi connectivity index (χ3v) is 7.89. The van der Waals surface area contributed by atoms with Crippen LogP contribution in [0, 0.1) is 36.1 Å². The fourth-order valence-corrected chi connectivity index (χ4v) is 5.65. The van der Waals surface area contributed by atoms with Crippen LogP contribution >= 0.6 is 0 Å². The molecule has 1 fully saturated rings. The Morgan fingerprint density at radius 2 is 1.29 bits per heavy atom. The Hall–Kier alpha value is -1.84. The number of rotatable bonds is 13. The van der Waals surface area contributed by atoms with Crippen molar-refractivity contribution in [2.75, 3.05) is 0 Å². The van der Waals surface area contributed by atoms with Crippen LogP contribution in [0.15, 0.2) is 24.3 Å². The average molecular weight is 491 g/mol. The minimum atomic E-state index is -1.33. The van der Waals surface area contributed by atoms with E-state index in [1.807, 2.05) is 0 Å². The molecule has 194 valence electrons. The summed E-state index contributed by atoms with van der Waals surface area (Å²) in [5, 5.41) is 0. The second kappa shape index (κ2) is 14.0. The molecule has 0 spiro atoms. The first-order valence-corrected chi connectivity index (χ1v) is 13.9. The highest BCUT2D eigenvalue weighted by atomic mass is 19.2. The molecule has 1 aliphatic carbocycles. The minimum absolute atomic E-state index is 0.129. The van der Waals surface area contributed by atoms with Crippen LogP contribution in [-0.4, -0.2) is 0 Å². The van der Waals surface area contributed by atoms with Crippen molar-refractivity contribution in [3.8, 4) is 11.1 Å². The van der Waals surface area contributed by atoms with Crippen LogP contribution in [-0.2, 0) is 0 Å². The molecule has 0 N–H and O–H groups in total. The Morgan fingerprint density at radius 3 is 1.89 bits per heavy atom. The van der Waals surface area contributed by atoms with Gasteiger partial charge in [-0.25, -0.2) is 17.6 Å². The van der Waals surface area contributed by atoms with Gasteiger partial charge in [-0.2, -0.15) is 0 Å². The van der Waals surface area contributed by atoms with Gasteiger partial charge in [0.2, 0.25) is 0 Å². The fourth-order valence-electron chi connectivity index (χ4n) is 5.65. The molecule has 0 heterocycles. The van der Waals surface area contributed by atoms with Crippen molar-refractivity contribution >= 4 is 0 Å². The molecule has 0 nitrogen and oxygen atoms in total. The normalized spacial score (nSPS) is 18.2. The zero-order valence-corrected chi connectivity index (χ0v) is 21.6. The molecular weight excluding hydrogens is 448 g/mol. The summed E-state index contributed by atoms with van der Waals surface area (Å²) in [7, 11) is 0. The third-order valence-electron chi connectivity index (χ3n) is 7.89. The van der Waals surface area contributed by atoms with Crippen molar-refractivity contribution in [3.63, 3.8) is 0 Å². The van der Waals surface area contributed by atoms with Crippen LogP contribution in [0.1, 0.15) is 120 Å². The highest BCUT2D eigenvalue weighted by Gasteiger charge is 2.25. The highest BCUT2D eigenvalue weighted by molar-refractivity contribution is 5.66. The molecule has 0 atom stereocenters. The molecule has 1 aliphatic rings. The van der Waals surface area contributed by atoms with Crippen molar-refractivity contribution in [1.29, 1.82) is 0 Å². The number of aryl methyl sites for hydroxylation is 1. The maximum atomic E-state index is 14.9. The number of unbranched alkanes of at least 4 members (excludes halogenated alkanes) is 9. The quantitative estimate of drug-likeness (QED) is 0.149. The van der Waals surface area contributed by atoms with Crippen molar-refractivity contribution in [2.24, 2.45) is 5.92 Å². The second-order valence-corrected chi connectivity index (χ2v) is 10.6. The summed E-state index contributed by atoms with van der Waals surface area (Å²) in [5.41, 5.74) is -0.109. The predicted octanol–water partition coefficient (Wildman–Crippen LogP) is 10.8. The Morgan fingerprint density at radius 1 is 0.686 bits per heavy atom. The van der Waals surface area contributed by atoms with Crippen molar-refractivity contribution in [1.82, 2.24) is 0 Å². The number of hydrogen-bond donors (Lipinski definition) is 0. The number of halogens is 4. The Kier molecular flexibility index (Phi) is 11.1. The lowest BCUT2D eigenvalue weighted by Gasteiger charge is -2.29. The Bertz CT molecular complexity index is 928. The molecule has 0 amide bonds. The van der Waals surface area contributed by atoms with E-state index in [9.17, 15) is 17.6 Å². The summed E-state index contributed by atoms with van der Waals surface area (Å²) < 4.78 is 57.5. The zero-order valence-electron chi connectivity index (χ0n) is 21.6.